The molecule has 0 aromatic heterocycles. The summed E-state index contributed by atoms with van der Waals surface area (Å²) in [5.41, 5.74) is 7.38. The van der Waals surface area contributed by atoms with Gasteiger partial charge in [-0.1, -0.05) is 0 Å². The van der Waals surface area contributed by atoms with Crippen LogP contribution in [0.2, 0.25) is 0 Å². The number of benzene rings is 1. The summed E-state index contributed by atoms with van der Waals surface area (Å²) >= 11 is 0. The molecule has 0 fully saturated rings. The Kier molecular flexibility index (Phi) is 2.44. The third kappa shape index (κ3) is 1.61. The minimum atomic E-state index is -0.190. The molecule has 0 aliphatic carbocycles. The molecule has 0 saturated heterocycles. The van der Waals surface area contributed by atoms with Crippen molar-refractivity contribution in [3.8, 4) is 5.75 Å². The first-order valence-electron chi connectivity index (χ1n) is 5.03. The van der Waals surface area contributed by atoms with E-state index >= 15 is 0 Å². The highest BCUT2D eigenvalue weighted by Crippen LogP contribution is 2.36. The molecule has 2 unspecified atom stereocenters. The van der Waals surface area contributed by atoms with Crippen molar-refractivity contribution >= 4 is 11.4 Å². The lowest BCUT2D eigenvalue weighted by Crippen LogP contribution is -2.47. The lowest BCUT2D eigenvalue weighted by molar-refractivity contribution is 0.0890. The third-order valence-electron chi connectivity index (χ3n) is 2.97. The van der Waals surface area contributed by atoms with E-state index in [-0.39, 0.29) is 18.8 Å². The predicted octanol–water partition coefficient (Wildman–Crippen LogP) is 0.847. The Morgan fingerprint density at radius 2 is 2.27 bits per heavy atom. The van der Waals surface area contributed by atoms with Crippen molar-refractivity contribution in [1.82, 2.24) is 0 Å². The number of aliphatic hydroxyl groups excluding tert-OH is 1. The molecule has 3 N–H and O–H groups in total. The second-order valence-corrected chi connectivity index (χ2v) is 3.92. The number of nitrogens with two attached hydrogens (primary N) is 1. The van der Waals surface area contributed by atoms with Crippen molar-refractivity contribution in [3.05, 3.63) is 18.2 Å². The van der Waals surface area contributed by atoms with E-state index in [1.807, 2.05) is 26.1 Å². The zero-order chi connectivity index (χ0) is 11.0. The molecule has 1 aliphatic rings. The van der Waals surface area contributed by atoms with E-state index in [4.69, 9.17) is 10.5 Å². The molecule has 1 heterocycles. The molecule has 2 atom stereocenters. The highest BCUT2D eigenvalue weighted by atomic mass is 16.5. The Hall–Kier alpha value is -1.42. The van der Waals surface area contributed by atoms with Gasteiger partial charge in [0.25, 0.3) is 0 Å². The second kappa shape index (κ2) is 3.62. The van der Waals surface area contributed by atoms with Crippen LogP contribution < -0.4 is 15.4 Å². The summed E-state index contributed by atoms with van der Waals surface area (Å²) in [6, 6.07) is 5.74. The lowest BCUT2D eigenvalue weighted by atomic mass is 10.1. The fourth-order valence-electron chi connectivity index (χ4n) is 1.84. The number of hydrogen-bond acceptors (Lipinski definition) is 4. The van der Waals surface area contributed by atoms with Crippen LogP contribution in [0.1, 0.15) is 6.92 Å². The van der Waals surface area contributed by atoms with Gasteiger partial charge in [0.05, 0.1) is 18.3 Å². The number of nitrogen functional groups attached to an aromatic ring is 1. The number of nitrogens with zero attached hydrogens (tertiary/aromatic N) is 1. The van der Waals surface area contributed by atoms with Crippen LogP contribution >= 0.6 is 0 Å². The van der Waals surface area contributed by atoms with Crippen LogP contribution in [-0.2, 0) is 0 Å². The van der Waals surface area contributed by atoms with Crippen LogP contribution in [0.5, 0.6) is 5.75 Å². The van der Waals surface area contributed by atoms with Gasteiger partial charge in [-0.05, 0) is 19.1 Å². The van der Waals surface area contributed by atoms with E-state index in [1.54, 1.807) is 6.07 Å². The predicted molar refractivity (Wildman–Crippen MR) is 60.2 cm³/mol. The van der Waals surface area contributed by atoms with E-state index in [9.17, 15) is 5.11 Å². The normalized spacial score (nSPS) is 24.6. The van der Waals surface area contributed by atoms with E-state index in [0.29, 0.717) is 5.69 Å². The lowest BCUT2D eigenvalue weighted by Gasteiger charge is -2.39. The molecule has 0 radical (unpaired) electrons. The molecule has 15 heavy (non-hydrogen) atoms. The highest BCUT2D eigenvalue weighted by molar-refractivity contribution is 5.65. The molecule has 2 rings (SSSR count). The first-order chi connectivity index (χ1) is 7.13. The first-order valence-corrected chi connectivity index (χ1v) is 5.03. The van der Waals surface area contributed by atoms with Gasteiger partial charge in [0.1, 0.15) is 11.9 Å². The number of fused-ring (bicyclic) bond motifs is 1. The van der Waals surface area contributed by atoms with Gasteiger partial charge in [0.2, 0.25) is 0 Å². The van der Waals surface area contributed by atoms with Crippen molar-refractivity contribution in [2.24, 2.45) is 0 Å². The number of rotatable bonds is 1. The Labute approximate surface area is 89.3 Å². The topological polar surface area (TPSA) is 58.7 Å². The molecule has 0 amide bonds. The molecule has 0 bridgehead atoms. The Balaban J connectivity index is 2.40. The quantitative estimate of drug-likeness (QED) is 0.672. The number of aliphatic hydroxyl groups is 1. The summed E-state index contributed by atoms with van der Waals surface area (Å²) < 4.78 is 5.67. The van der Waals surface area contributed by atoms with Crippen LogP contribution in [0.4, 0.5) is 11.4 Å². The van der Waals surface area contributed by atoms with Crippen LogP contribution in [0.25, 0.3) is 0 Å². The van der Waals surface area contributed by atoms with E-state index < -0.39 is 0 Å². The van der Waals surface area contributed by atoms with Crippen LogP contribution in [-0.4, -0.2) is 30.9 Å². The first kappa shape index (κ1) is 10.1. The Morgan fingerprint density at radius 3 is 2.93 bits per heavy atom. The summed E-state index contributed by atoms with van der Waals surface area (Å²) in [7, 11) is 1.99. The summed E-state index contributed by atoms with van der Waals surface area (Å²) in [5, 5.41) is 9.19. The maximum absolute atomic E-state index is 9.19. The third-order valence-corrected chi connectivity index (χ3v) is 2.97. The largest absolute Gasteiger partial charge is 0.484 e. The summed E-state index contributed by atoms with van der Waals surface area (Å²) in [5.74, 6) is 0.745. The van der Waals surface area contributed by atoms with Gasteiger partial charge in [-0.25, -0.2) is 0 Å². The molecule has 0 spiro atoms. The van der Waals surface area contributed by atoms with Gasteiger partial charge >= 0.3 is 0 Å². The molecule has 0 saturated carbocycles. The molecule has 1 aliphatic heterocycles. The van der Waals surface area contributed by atoms with Gasteiger partial charge in [-0.3, -0.25) is 0 Å². The minimum Gasteiger partial charge on any atom is -0.484 e. The molecular formula is C11H16N2O2. The molecule has 4 heteroatoms. The van der Waals surface area contributed by atoms with Crippen LogP contribution in [0.3, 0.4) is 0 Å². The van der Waals surface area contributed by atoms with Crippen molar-refractivity contribution < 1.29 is 9.84 Å². The maximum atomic E-state index is 9.19. The van der Waals surface area contributed by atoms with E-state index in [2.05, 4.69) is 4.90 Å². The SMILES string of the molecule is CC1C(CO)Oc2cc(N)ccc2N1C. The monoisotopic (exact) mass is 208 g/mol. The van der Waals surface area contributed by atoms with Gasteiger partial charge < -0.3 is 20.5 Å². The van der Waals surface area contributed by atoms with E-state index in [0.717, 1.165) is 11.4 Å². The second-order valence-electron chi connectivity index (χ2n) is 3.92. The summed E-state index contributed by atoms with van der Waals surface area (Å²) in [6.07, 6.45) is -0.190. The standard InChI is InChI=1S/C11H16N2O2/c1-7-11(6-14)15-10-5-8(12)3-4-9(10)13(7)2/h3-5,7,11,14H,6,12H2,1-2H3. The Morgan fingerprint density at radius 1 is 1.53 bits per heavy atom. The molecular weight excluding hydrogens is 192 g/mol. The zero-order valence-corrected chi connectivity index (χ0v) is 8.97. The number of ether oxygens (including phenoxy) is 1. The van der Waals surface area contributed by atoms with Crippen molar-refractivity contribution in [3.63, 3.8) is 0 Å². The van der Waals surface area contributed by atoms with Gasteiger partial charge in [-0.15, -0.1) is 0 Å². The van der Waals surface area contributed by atoms with Gasteiger partial charge in [0, 0.05) is 18.8 Å². The minimum absolute atomic E-state index is 0.0136. The molecule has 1 aromatic carbocycles. The van der Waals surface area contributed by atoms with Crippen LogP contribution in [0.15, 0.2) is 18.2 Å². The van der Waals surface area contributed by atoms with Crippen molar-refractivity contribution in [2.75, 3.05) is 24.3 Å². The smallest absolute Gasteiger partial charge is 0.145 e. The maximum Gasteiger partial charge on any atom is 0.145 e. The van der Waals surface area contributed by atoms with Gasteiger partial charge in [0.15, 0.2) is 0 Å². The average molecular weight is 208 g/mol. The summed E-state index contributed by atoms with van der Waals surface area (Å²) in [6.45, 7) is 2.04. The highest BCUT2D eigenvalue weighted by Gasteiger charge is 2.29. The van der Waals surface area contributed by atoms with Crippen LogP contribution in [0, 0.1) is 0 Å². The zero-order valence-electron chi connectivity index (χ0n) is 8.97. The summed E-state index contributed by atoms with van der Waals surface area (Å²) in [4.78, 5) is 2.10. The average Bonchev–Trinajstić information content (AvgIpc) is 2.23. The van der Waals surface area contributed by atoms with Crippen molar-refractivity contribution in [1.29, 1.82) is 0 Å². The number of anilines is 2. The number of hydrogen-bond donors (Lipinski definition) is 2. The molecule has 82 valence electrons. The van der Waals surface area contributed by atoms with Gasteiger partial charge in [-0.2, -0.15) is 0 Å². The Bertz CT molecular complexity index is 368. The fraction of sp³-hybridized carbons (Fsp3) is 0.455. The molecule has 1 aromatic rings. The van der Waals surface area contributed by atoms with Crippen molar-refractivity contribution in [2.45, 2.75) is 19.1 Å². The molecule has 4 nitrogen and oxygen atoms in total. The van der Waals surface area contributed by atoms with E-state index in [1.165, 1.54) is 0 Å². The number of likely N-dealkylation sites (N-methyl/N-ethyl adjacent to an activating group) is 1. The fourth-order valence-corrected chi connectivity index (χ4v) is 1.84.